The molecule has 262 valence electrons. The molecule has 11 aromatic rings. The Kier molecular flexibility index (Phi) is 6.10. The van der Waals surface area contributed by atoms with Gasteiger partial charge in [-0.05, 0) is 47.5 Å². The van der Waals surface area contributed by atoms with Crippen LogP contribution in [0.1, 0.15) is 8.22 Å². The van der Waals surface area contributed by atoms with Gasteiger partial charge < -0.3 is 8.98 Å². The standard InChI is InChI=1S/C51H32N4O/c1-4-16-33(17-5-1)37-24-15-29-46-47(37)41-26-14-25-40(48(41)56-46)42-32-36(30-31-45(42)55-43-27-12-10-22-38(43)39-23-11-13-28-44(39)55)51-53-49(34-18-6-2-7-19-34)52-50(54-51)35-20-8-3-9-21-35/h1-32H/i10D,11D,22D,23D,27D,28D. The van der Waals surface area contributed by atoms with Gasteiger partial charge in [0.05, 0.1) is 24.9 Å². The summed E-state index contributed by atoms with van der Waals surface area (Å²) in [6, 6.07) is 49.2. The molecule has 11 rings (SSSR count). The molecule has 0 saturated heterocycles. The normalized spacial score (nSPS) is 13.1. The van der Waals surface area contributed by atoms with Crippen LogP contribution in [-0.4, -0.2) is 19.5 Å². The van der Waals surface area contributed by atoms with Crippen LogP contribution in [0.2, 0.25) is 0 Å². The van der Waals surface area contributed by atoms with Gasteiger partial charge in [-0.1, -0.05) is 158 Å². The molecule has 0 spiro atoms. The number of hydrogen-bond donors (Lipinski definition) is 0. The van der Waals surface area contributed by atoms with Crippen molar-refractivity contribution in [3.63, 3.8) is 0 Å². The highest BCUT2D eigenvalue weighted by molar-refractivity contribution is 6.16. The fraction of sp³-hybridized carbons (Fsp3) is 0. The van der Waals surface area contributed by atoms with E-state index in [1.54, 1.807) is 4.57 Å². The van der Waals surface area contributed by atoms with Crippen molar-refractivity contribution >= 4 is 43.7 Å². The summed E-state index contributed by atoms with van der Waals surface area (Å²) in [5, 5.41) is 2.18. The van der Waals surface area contributed by atoms with Gasteiger partial charge in [0, 0.05) is 49.4 Å². The number of para-hydroxylation sites is 3. The first kappa shape index (κ1) is 26.2. The van der Waals surface area contributed by atoms with Crippen LogP contribution in [0.5, 0.6) is 0 Å². The van der Waals surface area contributed by atoms with Crippen molar-refractivity contribution in [3.05, 3.63) is 194 Å². The van der Waals surface area contributed by atoms with Gasteiger partial charge in [0.25, 0.3) is 0 Å². The van der Waals surface area contributed by atoms with Crippen LogP contribution >= 0.6 is 0 Å². The molecule has 0 fully saturated rings. The molecule has 56 heavy (non-hydrogen) atoms. The largest absolute Gasteiger partial charge is 0.455 e. The Hall–Kier alpha value is -7.63. The number of aromatic nitrogens is 4. The zero-order valence-corrected chi connectivity index (χ0v) is 29.7. The average molecular weight is 723 g/mol. The van der Waals surface area contributed by atoms with Gasteiger partial charge in [-0.15, -0.1) is 0 Å². The van der Waals surface area contributed by atoms with Crippen LogP contribution in [-0.2, 0) is 0 Å². The number of fused-ring (bicyclic) bond motifs is 6. The van der Waals surface area contributed by atoms with Gasteiger partial charge in [0.15, 0.2) is 17.5 Å². The van der Waals surface area contributed by atoms with E-state index in [-0.39, 0.29) is 58.1 Å². The SMILES string of the molecule is [2H]c1cc([2H])c2c(c1[2H])c1c([2H])c([2H])cc([2H])c1n2-c1ccc(-c2nc(-c3ccccc3)nc(-c3ccccc3)n2)cc1-c1cccc2c1oc1cccc(-c3ccccc3)c12. The molecule has 0 unspecified atom stereocenters. The average Bonchev–Trinajstić information content (AvgIpc) is 3.89. The summed E-state index contributed by atoms with van der Waals surface area (Å²) in [6.07, 6.45) is 0. The van der Waals surface area contributed by atoms with E-state index in [2.05, 4.69) is 18.2 Å². The molecule has 0 atom stereocenters. The van der Waals surface area contributed by atoms with Gasteiger partial charge in [0.1, 0.15) is 11.2 Å². The lowest BCUT2D eigenvalue weighted by Crippen LogP contribution is -2.02. The van der Waals surface area contributed by atoms with Crippen molar-refractivity contribution in [2.45, 2.75) is 0 Å². The maximum absolute atomic E-state index is 9.25. The van der Waals surface area contributed by atoms with E-state index in [1.807, 2.05) is 127 Å². The van der Waals surface area contributed by atoms with Crippen LogP contribution in [0.3, 0.4) is 0 Å². The van der Waals surface area contributed by atoms with Crippen molar-refractivity contribution in [1.82, 2.24) is 19.5 Å². The first-order valence-electron chi connectivity index (χ1n) is 21.3. The third-order valence-electron chi connectivity index (χ3n) is 10.2. The van der Waals surface area contributed by atoms with Crippen LogP contribution in [0, 0.1) is 0 Å². The third kappa shape index (κ3) is 5.21. The maximum Gasteiger partial charge on any atom is 0.164 e. The summed E-state index contributed by atoms with van der Waals surface area (Å²) >= 11 is 0. The Morgan fingerprint density at radius 1 is 0.429 bits per heavy atom. The first-order chi connectivity index (χ1) is 30.2. The molecule has 5 heteroatoms. The minimum absolute atomic E-state index is 0.0514. The molecule has 3 aromatic heterocycles. The third-order valence-corrected chi connectivity index (χ3v) is 10.2. The first-order valence-corrected chi connectivity index (χ1v) is 18.3. The van der Waals surface area contributed by atoms with Crippen molar-refractivity contribution in [2.75, 3.05) is 0 Å². The van der Waals surface area contributed by atoms with Crippen LogP contribution in [0.15, 0.2) is 198 Å². The highest BCUT2D eigenvalue weighted by Crippen LogP contribution is 2.44. The van der Waals surface area contributed by atoms with E-state index in [1.165, 1.54) is 12.1 Å². The quantitative estimate of drug-likeness (QED) is 0.171. The summed E-state index contributed by atoms with van der Waals surface area (Å²) in [6.45, 7) is 0. The summed E-state index contributed by atoms with van der Waals surface area (Å²) in [4.78, 5) is 15.0. The molecule has 0 saturated carbocycles. The number of nitrogens with zero attached hydrogens (tertiary/aromatic N) is 4. The topological polar surface area (TPSA) is 56.7 Å². The Morgan fingerprint density at radius 3 is 1.61 bits per heavy atom. The molecule has 0 aliphatic heterocycles. The van der Waals surface area contributed by atoms with Gasteiger partial charge >= 0.3 is 0 Å². The molecule has 0 amide bonds. The molecule has 5 nitrogen and oxygen atoms in total. The van der Waals surface area contributed by atoms with E-state index >= 15 is 0 Å². The predicted octanol–water partition coefficient (Wildman–Crippen LogP) is 13.2. The fourth-order valence-corrected chi connectivity index (χ4v) is 7.70. The smallest absolute Gasteiger partial charge is 0.164 e. The van der Waals surface area contributed by atoms with Crippen LogP contribution in [0.25, 0.3) is 106 Å². The zero-order valence-electron chi connectivity index (χ0n) is 35.7. The monoisotopic (exact) mass is 722 g/mol. The number of rotatable bonds is 6. The summed E-state index contributed by atoms with van der Waals surface area (Å²) < 4.78 is 62.4. The number of furan rings is 1. The van der Waals surface area contributed by atoms with E-state index in [0.29, 0.717) is 51.0 Å². The fourth-order valence-electron chi connectivity index (χ4n) is 7.70. The minimum Gasteiger partial charge on any atom is -0.455 e. The number of benzene rings is 8. The van der Waals surface area contributed by atoms with Crippen molar-refractivity contribution in [2.24, 2.45) is 0 Å². The molecule has 8 aromatic carbocycles. The molecule has 0 radical (unpaired) electrons. The van der Waals surface area contributed by atoms with Gasteiger partial charge in [0.2, 0.25) is 0 Å². The second kappa shape index (κ2) is 13.0. The molecule has 0 aliphatic rings. The minimum atomic E-state index is -0.184. The van der Waals surface area contributed by atoms with Gasteiger partial charge in [-0.25, -0.2) is 15.0 Å². The van der Waals surface area contributed by atoms with E-state index in [4.69, 9.17) is 24.9 Å². The molecule has 0 N–H and O–H groups in total. The highest BCUT2D eigenvalue weighted by atomic mass is 16.3. The lowest BCUT2D eigenvalue weighted by atomic mass is 9.95. The number of hydrogen-bond acceptors (Lipinski definition) is 4. The van der Waals surface area contributed by atoms with Crippen molar-refractivity contribution < 1.29 is 12.6 Å². The maximum atomic E-state index is 9.25. The van der Waals surface area contributed by atoms with Crippen LogP contribution in [0.4, 0.5) is 0 Å². The van der Waals surface area contributed by atoms with Crippen molar-refractivity contribution in [1.29, 1.82) is 0 Å². The molecular weight excluding hydrogens is 685 g/mol. The van der Waals surface area contributed by atoms with Crippen molar-refractivity contribution in [3.8, 4) is 62.1 Å². The summed E-state index contributed by atoms with van der Waals surface area (Å²) in [5.74, 6) is 1.41. The lowest BCUT2D eigenvalue weighted by molar-refractivity contribution is 0.670. The second-order valence-corrected chi connectivity index (χ2v) is 13.5. The molecule has 0 bridgehead atoms. The Balaban J connectivity index is 1.26. The molecule has 0 aliphatic carbocycles. The van der Waals surface area contributed by atoms with E-state index in [9.17, 15) is 2.74 Å². The summed E-state index contributed by atoms with van der Waals surface area (Å²) in [5.41, 5.74) is 8.04. The second-order valence-electron chi connectivity index (χ2n) is 13.5. The van der Waals surface area contributed by atoms with E-state index in [0.717, 1.165) is 33.0 Å². The van der Waals surface area contributed by atoms with Gasteiger partial charge in [-0.3, -0.25) is 0 Å². The Morgan fingerprint density at radius 2 is 0.982 bits per heavy atom. The highest BCUT2D eigenvalue weighted by Gasteiger charge is 2.22. The Labute approximate surface area is 331 Å². The Bertz CT molecular complexity index is 3460. The lowest BCUT2D eigenvalue weighted by Gasteiger charge is -2.16. The van der Waals surface area contributed by atoms with Gasteiger partial charge in [-0.2, -0.15) is 0 Å². The molecule has 3 heterocycles. The van der Waals surface area contributed by atoms with E-state index < -0.39 is 0 Å². The zero-order chi connectivity index (χ0) is 42.2. The molecular formula is C51H32N4O. The van der Waals surface area contributed by atoms with Crippen LogP contribution < -0.4 is 0 Å². The summed E-state index contributed by atoms with van der Waals surface area (Å²) in [7, 11) is 0. The predicted molar refractivity (Wildman–Crippen MR) is 229 cm³/mol.